The molecule has 0 radical (unpaired) electrons. The number of rotatable bonds is 9. The zero-order chi connectivity index (χ0) is 25.8. The summed E-state index contributed by atoms with van der Waals surface area (Å²) in [5, 5.41) is 25.5. The Hall–Kier alpha value is -3.79. The first-order valence-corrected chi connectivity index (χ1v) is 11.1. The monoisotopic (exact) mass is 484 g/mol. The topological polar surface area (TPSA) is 134 Å². The fourth-order valence-electron chi connectivity index (χ4n) is 3.52. The normalized spacial score (nSPS) is 11.5. The van der Waals surface area contributed by atoms with Gasteiger partial charge in [0.25, 0.3) is 11.5 Å². The zero-order valence-electron chi connectivity index (χ0n) is 19.9. The van der Waals surface area contributed by atoms with E-state index in [4.69, 9.17) is 0 Å². The highest BCUT2D eigenvalue weighted by Crippen LogP contribution is 2.26. The number of nitrogens with zero attached hydrogens (tertiary/aromatic N) is 2. The summed E-state index contributed by atoms with van der Waals surface area (Å²) in [6.07, 6.45) is 1.92. The van der Waals surface area contributed by atoms with E-state index in [-0.39, 0.29) is 43.5 Å². The van der Waals surface area contributed by atoms with Gasteiger partial charge in [-0.2, -0.15) is 0 Å². The number of benzene rings is 1. The number of aliphatic hydroxyl groups is 1. The lowest BCUT2D eigenvalue weighted by Crippen LogP contribution is -2.40. The molecule has 186 valence electrons. The minimum atomic E-state index is -0.790. The number of aromatic nitrogens is 2. The van der Waals surface area contributed by atoms with E-state index in [1.165, 1.54) is 29.8 Å². The van der Waals surface area contributed by atoms with E-state index in [0.29, 0.717) is 17.5 Å². The summed E-state index contributed by atoms with van der Waals surface area (Å²) in [6.45, 7) is 4.88. The summed E-state index contributed by atoms with van der Waals surface area (Å²) < 4.78 is 14.5. The first-order valence-electron chi connectivity index (χ1n) is 11.1. The van der Waals surface area contributed by atoms with Crippen LogP contribution in [0.15, 0.2) is 41.3 Å². The van der Waals surface area contributed by atoms with Gasteiger partial charge >= 0.3 is 0 Å². The third-order valence-corrected chi connectivity index (χ3v) is 5.55. The van der Waals surface area contributed by atoms with Gasteiger partial charge in [0.2, 0.25) is 5.91 Å². The highest BCUT2D eigenvalue weighted by Gasteiger charge is 2.25. The molecule has 0 unspecified atom stereocenters. The van der Waals surface area contributed by atoms with Crippen molar-refractivity contribution in [1.82, 2.24) is 20.2 Å². The van der Waals surface area contributed by atoms with E-state index < -0.39 is 28.2 Å². The van der Waals surface area contributed by atoms with E-state index >= 15 is 0 Å². The van der Waals surface area contributed by atoms with Crippen LogP contribution in [0, 0.1) is 11.2 Å². The molecule has 0 fully saturated rings. The van der Waals surface area contributed by atoms with E-state index in [2.05, 4.69) is 15.6 Å². The maximum atomic E-state index is 13.3. The van der Waals surface area contributed by atoms with Crippen LogP contribution < -0.4 is 16.2 Å². The van der Waals surface area contributed by atoms with E-state index in [1.807, 2.05) is 0 Å². The standard InChI is InChI=1S/C25H29FN4O5/c1-15(32)27-8-9-30-19-11-17(10-16-4-6-18(26)7-5-16)12-28-21(19)22(33)20(24(30)35)23(34)29-13-25(2,3)14-31/h4-7,11-12,31,33H,8-10,13-14H2,1-3H3,(H,27,32)(H,29,34). The number of hydrogen-bond acceptors (Lipinski definition) is 6. The third-order valence-electron chi connectivity index (χ3n) is 5.55. The fraction of sp³-hybridized carbons (Fsp3) is 0.360. The third kappa shape index (κ3) is 6.21. The average Bonchev–Trinajstić information content (AvgIpc) is 2.81. The number of nitrogens with one attached hydrogen (secondary N) is 2. The molecular weight excluding hydrogens is 455 g/mol. The molecule has 0 aliphatic rings. The minimum Gasteiger partial charge on any atom is -0.505 e. The Bertz CT molecular complexity index is 1300. The lowest BCUT2D eigenvalue weighted by atomic mass is 9.95. The predicted octanol–water partition coefficient (Wildman–Crippen LogP) is 1.72. The van der Waals surface area contributed by atoms with Crippen molar-refractivity contribution in [2.75, 3.05) is 19.7 Å². The molecule has 3 aromatic rings. The van der Waals surface area contributed by atoms with Crippen LogP contribution in [0.2, 0.25) is 0 Å². The molecule has 4 N–H and O–H groups in total. The molecule has 9 nitrogen and oxygen atoms in total. The number of aliphatic hydroxyl groups excluding tert-OH is 1. The SMILES string of the molecule is CC(=O)NCCn1c(=O)c(C(=O)NCC(C)(C)CO)c(O)c2ncc(Cc3ccc(F)cc3)cc21. The molecule has 3 rings (SSSR count). The Morgan fingerprint density at radius 2 is 1.83 bits per heavy atom. The molecule has 0 atom stereocenters. The van der Waals surface area contributed by atoms with Gasteiger partial charge in [-0.25, -0.2) is 4.39 Å². The second-order valence-corrected chi connectivity index (χ2v) is 9.18. The first-order chi connectivity index (χ1) is 16.5. The Kier molecular flexibility index (Phi) is 7.85. The average molecular weight is 485 g/mol. The van der Waals surface area contributed by atoms with E-state index in [0.717, 1.165) is 5.56 Å². The summed E-state index contributed by atoms with van der Waals surface area (Å²) >= 11 is 0. The van der Waals surface area contributed by atoms with E-state index in [1.54, 1.807) is 32.0 Å². The maximum Gasteiger partial charge on any atom is 0.267 e. The summed E-state index contributed by atoms with van der Waals surface area (Å²) in [4.78, 5) is 41.9. The van der Waals surface area contributed by atoms with Gasteiger partial charge in [-0.15, -0.1) is 0 Å². The van der Waals surface area contributed by atoms with Gasteiger partial charge in [0, 0.05) is 44.8 Å². The Labute approximate surface area is 201 Å². The van der Waals surface area contributed by atoms with Gasteiger partial charge in [-0.1, -0.05) is 26.0 Å². The Balaban J connectivity index is 2.07. The highest BCUT2D eigenvalue weighted by molar-refractivity contribution is 6.01. The van der Waals surface area contributed by atoms with Crippen molar-refractivity contribution in [3.8, 4) is 5.75 Å². The Morgan fingerprint density at radius 3 is 2.46 bits per heavy atom. The minimum absolute atomic E-state index is 0.0410. The van der Waals surface area contributed by atoms with Crippen molar-refractivity contribution < 1.29 is 24.2 Å². The molecule has 2 aromatic heterocycles. The number of amides is 2. The maximum absolute atomic E-state index is 13.3. The molecule has 0 saturated heterocycles. The van der Waals surface area contributed by atoms with Crippen molar-refractivity contribution in [2.24, 2.45) is 5.41 Å². The van der Waals surface area contributed by atoms with Crippen LogP contribution in [0.25, 0.3) is 11.0 Å². The molecule has 0 aliphatic carbocycles. The van der Waals surface area contributed by atoms with Gasteiger partial charge in [-0.3, -0.25) is 19.4 Å². The molecular formula is C25H29FN4O5. The molecule has 0 saturated carbocycles. The van der Waals surface area contributed by atoms with Gasteiger partial charge in [0.15, 0.2) is 5.75 Å². The summed E-state index contributed by atoms with van der Waals surface area (Å²) in [5.74, 6) is -1.97. The smallest absolute Gasteiger partial charge is 0.267 e. The molecule has 0 aliphatic heterocycles. The molecule has 2 amide bonds. The number of halogens is 1. The van der Waals surface area contributed by atoms with Crippen molar-refractivity contribution >= 4 is 22.8 Å². The van der Waals surface area contributed by atoms with Crippen LogP contribution in [-0.4, -0.2) is 51.3 Å². The van der Waals surface area contributed by atoms with Gasteiger partial charge in [0.1, 0.15) is 16.9 Å². The fourth-order valence-corrected chi connectivity index (χ4v) is 3.52. The second-order valence-electron chi connectivity index (χ2n) is 9.18. The molecule has 0 bridgehead atoms. The largest absolute Gasteiger partial charge is 0.505 e. The number of aromatic hydroxyl groups is 1. The van der Waals surface area contributed by atoms with Crippen LogP contribution in [0.4, 0.5) is 4.39 Å². The van der Waals surface area contributed by atoms with Gasteiger partial charge in [0.05, 0.1) is 5.52 Å². The van der Waals surface area contributed by atoms with Gasteiger partial charge in [-0.05, 0) is 35.7 Å². The quantitative estimate of drug-likeness (QED) is 0.366. The lowest BCUT2D eigenvalue weighted by molar-refractivity contribution is -0.118. The van der Waals surface area contributed by atoms with Crippen molar-refractivity contribution in [2.45, 2.75) is 33.7 Å². The van der Waals surface area contributed by atoms with Gasteiger partial charge < -0.3 is 25.4 Å². The predicted molar refractivity (Wildman–Crippen MR) is 129 cm³/mol. The molecule has 0 spiro atoms. The zero-order valence-corrected chi connectivity index (χ0v) is 19.9. The van der Waals surface area contributed by atoms with Crippen LogP contribution in [0.5, 0.6) is 5.75 Å². The number of fused-ring (bicyclic) bond motifs is 1. The van der Waals surface area contributed by atoms with Crippen molar-refractivity contribution in [3.63, 3.8) is 0 Å². The van der Waals surface area contributed by atoms with Crippen LogP contribution in [0.3, 0.4) is 0 Å². The van der Waals surface area contributed by atoms with Crippen LogP contribution in [0.1, 0.15) is 42.3 Å². The molecule has 2 heterocycles. The number of hydrogen-bond donors (Lipinski definition) is 4. The Morgan fingerprint density at radius 1 is 1.14 bits per heavy atom. The summed E-state index contributed by atoms with van der Waals surface area (Å²) in [5.41, 5.74) is 0.0596. The summed E-state index contributed by atoms with van der Waals surface area (Å²) in [7, 11) is 0. The molecule has 10 heteroatoms. The summed E-state index contributed by atoms with van der Waals surface area (Å²) in [6, 6.07) is 7.66. The van der Waals surface area contributed by atoms with Crippen LogP contribution in [-0.2, 0) is 17.8 Å². The highest BCUT2D eigenvalue weighted by atomic mass is 19.1. The number of pyridine rings is 2. The number of carbonyl (C=O) groups excluding carboxylic acids is 2. The number of carbonyl (C=O) groups is 2. The van der Waals surface area contributed by atoms with E-state index in [9.17, 15) is 29.0 Å². The van der Waals surface area contributed by atoms with Crippen molar-refractivity contribution in [3.05, 3.63) is 69.4 Å². The van der Waals surface area contributed by atoms with Crippen molar-refractivity contribution in [1.29, 1.82) is 0 Å². The first kappa shape index (κ1) is 25.8. The lowest BCUT2D eigenvalue weighted by Gasteiger charge is -2.22. The molecule has 35 heavy (non-hydrogen) atoms. The molecule has 1 aromatic carbocycles. The second kappa shape index (κ2) is 10.6. The van der Waals surface area contributed by atoms with Crippen LogP contribution >= 0.6 is 0 Å².